The maximum atomic E-state index is 11.4. The molecule has 4 heteroatoms. The van der Waals surface area contributed by atoms with Crippen molar-refractivity contribution >= 4 is 5.91 Å². The van der Waals surface area contributed by atoms with Crippen molar-refractivity contribution in [3.63, 3.8) is 0 Å². The van der Waals surface area contributed by atoms with Gasteiger partial charge in [-0.15, -0.1) is 0 Å². The average molecular weight is 247 g/mol. The van der Waals surface area contributed by atoms with Crippen molar-refractivity contribution < 1.29 is 4.79 Å². The van der Waals surface area contributed by atoms with E-state index < -0.39 is 0 Å². The molecule has 0 radical (unpaired) electrons. The molecule has 2 rings (SSSR count). The molecule has 0 aliphatic carbocycles. The molecule has 0 N–H and O–H groups in total. The van der Waals surface area contributed by atoms with Gasteiger partial charge in [0, 0.05) is 45.3 Å². The van der Waals surface area contributed by atoms with E-state index in [1.807, 2.05) is 17.9 Å². The second-order valence-corrected chi connectivity index (χ2v) is 4.91. The van der Waals surface area contributed by atoms with E-state index >= 15 is 0 Å². The van der Waals surface area contributed by atoms with Crippen LogP contribution in [0.2, 0.25) is 0 Å². The highest BCUT2D eigenvalue weighted by Gasteiger charge is 2.16. The lowest BCUT2D eigenvalue weighted by molar-refractivity contribution is -0.128. The smallest absolute Gasteiger partial charge is 0.219 e. The van der Waals surface area contributed by atoms with E-state index in [0.717, 1.165) is 50.5 Å². The van der Waals surface area contributed by atoms with E-state index in [0.29, 0.717) is 0 Å². The highest BCUT2D eigenvalue weighted by molar-refractivity contribution is 5.73. The van der Waals surface area contributed by atoms with Crippen molar-refractivity contribution in [3.05, 3.63) is 29.6 Å². The molecule has 0 spiro atoms. The van der Waals surface area contributed by atoms with Crippen LogP contribution < -0.4 is 0 Å². The minimum atomic E-state index is 0.186. The Kier molecular flexibility index (Phi) is 4.31. The lowest BCUT2D eigenvalue weighted by Gasteiger charge is -2.20. The van der Waals surface area contributed by atoms with Crippen molar-refractivity contribution in [2.45, 2.75) is 26.8 Å². The summed E-state index contributed by atoms with van der Waals surface area (Å²) in [5, 5.41) is 0. The number of pyridine rings is 1. The molecule has 1 saturated heterocycles. The Hall–Kier alpha value is -1.42. The van der Waals surface area contributed by atoms with Gasteiger partial charge in [0.25, 0.3) is 0 Å². The van der Waals surface area contributed by atoms with E-state index in [1.54, 1.807) is 6.92 Å². The summed E-state index contributed by atoms with van der Waals surface area (Å²) >= 11 is 0. The number of carbonyl (C=O) groups is 1. The summed E-state index contributed by atoms with van der Waals surface area (Å²) in [7, 11) is 0. The molecule has 0 unspecified atom stereocenters. The van der Waals surface area contributed by atoms with Gasteiger partial charge in [0.2, 0.25) is 5.91 Å². The Bertz CT molecular complexity index is 419. The van der Waals surface area contributed by atoms with Gasteiger partial charge in [0.15, 0.2) is 0 Å². The van der Waals surface area contributed by atoms with Gasteiger partial charge in [-0.2, -0.15) is 0 Å². The second-order valence-electron chi connectivity index (χ2n) is 4.91. The molecule has 1 fully saturated rings. The van der Waals surface area contributed by atoms with Crippen molar-refractivity contribution in [1.82, 2.24) is 14.8 Å². The molecule has 2 heterocycles. The number of nitrogens with zero attached hydrogens (tertiary/aromatic N) is 3. The van der Waals surface area contributed by atoms with Gasteiger partial charge in [-0.05, 0) is 25.5 Å². The molecule has 0 aromatic carbocycles. The number of aryl methyl sites for hydroxylation is 1. The summed E-state index contributed by atoms with van der Waals surface area (Å²) in [6.45, 7) is 8.25. The Morgan fingerprint density at radius 1 is 1.28 bits per heavy atom. The van der Waals surface area contributed by atoms with Gasteiger partial charge < -0.3 is 4.90 Å². The summed E-state index contributed by atoms with van der Waals surface area (Å²) in [5.41, 5.74) is 2.18. The summed E-state index contributed by atoms with van der Waals surface area (Å²) < 4.78 is 0. The number of aromatic nitrogens is 1. The first-order chi connectivity index (χ1) is 8.65. The third-order valence-corrected chi connectivity index (χ3v) is 3.37. The van der Waals surface area contributed by atoms with Crippen molar-refractivity contribution in [1.29, 1.82) is 0 Å². The van der Waals surface area contributed by atoms with Crippen LogP contribution in [0.1, 0.15) is 24.7 Å². The van der Waals surface area contributed by atoms with Crippen molar-refractivity contribution in [3.8, 4) is 0 Å². The monoisotopic (exact) mass is 247 g/mol. The first kappa shape index (κ1) is 13.0. The lowest BCUT2D eigenvalue weighted by atomic mass is 10.3. The van der Waals surface area contributed by atoms with E-state index in [1.165, 1.54) is 0 Å². The fourth-order valence-corrected chi connectivity index (χ4v) is 2.36. The zero-order valence-corrected chi connectivity index (χ0v) is 11.2. The maximum Gasteiger partial charge on any atom is 0.219 e. The third kappa shape index (κ3) is 3.53. The highest BCUT2D eigenvalue weighted by Crippen LogP contribution is 2.08. The fourth-order valence-electron chi connectivity index (χ4n) is 2.36. The number of carbonyl (C=O) groups excluding carboxylic acids is 1. The molecule has 1 aliphatic rings. The van der Waals surface area contributed by atoms with Crippen LogP contribution >= 0.6 is 0 Å². The predicted octanol–water partition coefficient (Wildman–Crippen LogP) is 1.44. The molecular weight excluding hydrogens is 226 g/mol. The van der Waals surface area contributed by atoms with Crippen LogP contribution in [-0.4, -0.2) is 46.9 Å². The van der Waals surface area contributed by atoms with Crippen LogP contribution in [0.5, 0.6) is 0 Å². The van der Waals surface area contributed by atoms with Crippen LogP contribution in [0.25, 0.3) is 0 Å². The van der Waals surface area contributed by atoms with E-state index in [4.69, 9.17) is 0 Å². The minimum Gasteiger partial charge on any atom is -0.342 e. The standard InChI is InChI=1S/C14H21N3O/c1-12-5-3-6-14(15-12)11-16-7-4-8-17(10-9-16)13(2)18/h3,5-6H,4,7-11H2,1-2H3. The molecule has 98 valence electrons. The van der Waals surface area contributed by atoms with E-state index in [9.17, 15) is 4.79 Å². The molecule has 4 nitrogen and oxygen atoms in total. The first-order valence-electron chi connectivity index (χ1n) is 6.55. The quantitative estimate of drug-likeness (QED) is 0.793. The second kappa shape index (κ2) is 5.96. The minimum absolute atomic E-state index is 0.186. The van der Waals surface area contributed by atoms with E-state index in [2.05, 4.69) is 22.0 Å². The van der Waals surface area contributed by atoms with Crippen LogP contribution in [0.4, 0.5) is 0 Å². The molecule has 1 amide bonds. The molecule has 0 atom stereocenters. The molecule has 1 aromatic heterocycles. The van der Waals surface area contributed by atoms with Gasteiger partial charge in [-0.1, -0.05) is 6.07 Å². The van der Waals surface area contributed by atoms with Crippen LogP contribution in [-0.2, 0) is 11.3 Å². The third-order valence-electron chi connectivity index (χ3n) is 3.37. The zero-order valence-electron chi connectivity index (χ0n) is 11.2. The summed E-state index contributed by atoms with van der Waals surface area (Å²) in [4.78, 5) is 20.2. The molecule has 0 saturated carbocycles. The Morgan fingerprint density at radius 3 is 2.83 bits per heavy atom. The summed E-state index contributed by atoms with van der Waals surface area (Å²) in [6.07, 6.45) is 1.05. The van der Waals surface area contributed by atoms with Crippen molar-refractivity contribution in [2.75, 3.05) is 26.2 Å². The summed E-state index contributed by atoms with van der Waals surface area (Å²) in [5.74, 6) is 0.186. The predicted molar refractivity (Wildman–Crippen MR) is 71.1 cm³/mol. The average Bonchev–Trinajstić information content (AvgIpc) is 2.55. The number of amides is 1. The Balaban J connectivity index is 1.92. The lowest BCUT2D eigenvalue weighted by Crippen LogP contribution is -2.33. The molecule has 0 bridgehead atoms. The van der Waals surface area contributed by atoms with Crippen LogP contribution in [0.3, 0.4) is 0 Å². The van der Waals surface area contributed by atoms with Gasteiger partial charge >= 0.3 is 0 Å². The normalized spacial score (nSPS) is 17.6. The van der Waals surface area contributed by atoms with Crippen molar-refractivity contribution in [2.24, 2.45) is 0 Å². The van der Waals surface area contributed by atoms with Gasteiger partial charge in [-0.25, -0.2) is 0 Å². The topological polar surface area (TPSA) is 36.4 Å². The molecular formula is C14H21N3O. The first-order valence-corrected chi connectivity index (χ1v) is 6.55. The number of hydrogen-bond donors (Lipinski definition) is 0. The van der Waals surface area contributed by atoms with Crippen LogP contribution in [0, 0.1) is 6.92 Å². The fraction of sp³-hybridized carbons (Fsp3) is 0.571. The number of hydrogen-bond acceptors (Lipinski definition) is 3. The van der Waals surface area contributed by atoms with Crippen LogP contribution in [0.15, 0.2) is 18.2 Å². The van der Waals surface area contributed by atoms with E-state index in [-0.39, 0.29) is 5.91 Å². The Labute approximate surface area is 109 Å². The molecule has 18 heavy (non-hydrogen) atoms. The van der Waals surface area contributed by atoms with Gasteiger partial charge in [-0.3, -0.25) is 14.7 Å². The SMILES string of the molecule is CC(=O)N1CCCN(Cc2cccc(C)n2)CC1. The largest absolute Gasteiger partial charge is 0.342 e. The highest BCUT2D eigenvalue weighted by atomic mass is 16.2. The van der Waals surface area contributed by atoms with Gasteiger partial charge in [0.1, 0.15) is 0 Å². The zero-order chi connectivity index (χ0) is 13.0. The molecule has 1 aromatic rings. The maximum absolute atomic E-state index is 11.4. The molecule has 1 aliphatic heterocycles. The van der Waals surface area contributed by atoms with Gasteiger partial charge in [0.05, 0.1) is 5.69 Å². The summed E-state index contributed by atoms with van der Waals surface area (Å²) in [6, 6.07) is 6.14. The Morgan fingerprint density at radius 2 is 2.11 bits per heavy atom. The number of rotatable bonds is 2.